The number of carboxylic acids is 1. The molecule has 10 nitrogen and oxygen atoms in total. The lowest BCUT2D eigenvalue weighted by atomic mass is 10.0. The lowest BCUT2D eigenvalue weighted by Gasteiger charge is -2.49. The molecule has 3 rings (SSSR count). The molecule has 4 N–H and O–H groups in total. The number of nitrogens with one attached hydrogen (secondary N) is 1. The third-order valence-electron chi connectivity index (χ3n) is 3.94. The number of carboxylic acid groups (broad SMARTS) is 1. The number of nitrogen functional groups attached to an aromatic ring is 1. The Bertz CT molecular complexity index is 947. The van der Waals surface area contributed by atoms with Crippen LogP contribution in [-0.2, 0) is 19.2 Å². The number of alkyl halides is 2. The zero-order chi connectivity index (χ0) is 21.3. The highest BCUT2D eigenvalue weighted by Gasteiger charge is 2.54. The molecule has 154 valence electrons. The van der Waals surface area contributed by atoms with Crippen LogP contribution in [0, 0.1) is 0 Å². The molecule has 14 heteroatoms. The molecule has 1 aromatic heterocycles. The van der Waals surface area contributed by atoms with Gasteiger partial charge in [0.15, 0.2) is 10.8 Å². The zero-order valence-corrected chi connectivity index (χ0v) is 16.0. The first-order chi connectivity index (χ1) is 13.7. The van der Waals surface area contributed by atoms with Crippen molar-refractivity contribution in [2.45, 2.75) is 18.0 Å². The maximum Gasteiger partial charge on any atom is 0.407 e. The molecule has 2 atom stereocenters. The van der Waals surface area contributed by atoms with Crippen molar-refractivity contribution in [1.29, 1.82) is 0 Å². The van der Waals surface area contributed by atoms with Gasteiger partial charge in [0.25, 0.3) is 11.8 Å². The predicted molar refractivity (Wildman–Crippen MR) is 100 cm³/mol. The van der Waals surface area contributed by atoms with Crippen molar-refractivity contribution in [3.8, 4) is 0 Å². The summed E-state index contributed by atoms with van der Waals surface area (Å²) in [6.07, 6.45) is 1.35. The molecular formula is C15H13F2N5O5S2. The minimum Gasteiger partial charge on any atom is -0.477 e. The van der Waals surface area contributed by atoms with Gasteiger partial charge in [0.2, 0.25) is 0 Å². The van der Waals surface area contributed by atoms with Crippen LogP contribution in [-0.4, -0.2) is 62.3 Å². The van der Waals surface area contributed by atoms with Gasteiger partial charge in [0.1, 0.15) is 22.8 Å². The number of thiazole rings is 1. The molecule has 0 spiro atoms. The molecule has 1 aromatic rings. The van der Waals surface area contributed by atoms with E-state index in [1.165, 1.54) is 23.2 Å². The third kappa shape index (κ3) is 3.93. The highest BCUT2D eigenvalue weighted by molar-refractivity contribution is 8.00. The van der Waals surface area contributed by atoms with Crippen LogP contribution in [0.5, 0.6) is 0 Å². The maximum absolute atomic E-state index is 12.6. The van der Waals surface area contributed by atoms with E-state index in [1.54, 1.807) is 0 Å². The Morgan fingerprint density at radius 2 is 2.28 bits per heavy atom. The van der Waals surface area contributed by atoms with Crippen molar-refractivity contribution < 1.29 is 33.1 Å². The van der Waals surface area contributed by atoms with E-state index in [2.05, 4.69) is 26.9 Å². The van der Waals surface area contributed by atoms with E-state index in [4.69, 9.17) is 5.73 Å². The van der Waals surface area contributed by atoms with Gasteiger partial charge in [0, 0.05) is 11.1 Å². The summed E-state index contributed by atoms with van der Waals surface area (Å²) in [5, 5.41) is 15.6. The van der Waals surface area contributed by atoms with Gasteiger partial charge < -0.3 is 21.0 Å². The number of hydrogen-bond acceptors (Lipinski definition) is 9. The number of fused-ring (bicyclic) bond motifs is 1. The number of allylic oxidation sites excluding steroid dienone is 1. The smallest absolute Gasteiger partial charge is 0.407 e. The Balaban J connectivity index is 1.81. The number of carbonyl (C=O) groups is 3. The molecule has 3 heterocycles. The third-order valence-corrected chi connectivity index (χ3v) is 5.91. The summed E-state index contributed by atoms with van der Waals surface area (Å²) in [5.74, 6) is -2.69. The SMILES string of the molecule is C=CC1=C(C(=O)O)N2C(=O)C(NC(=O)C(=NOC(F)F)c3csc(N)n3)[C@H]2SC1. The zero-order valence-electron chi connectivity index (χ0n) is 14.4. The summed E-state index contributed by atoms with van der Waals surface area (Å²) in [5.41, 5.74) is 4.96. The minimum atomic E-state index is -3.27. The first kappa shape index (κ1) is 20.7. The van der Waals surface area contributed by atoms with Crippen molar-refractivity contribution in [2.24, 2.45) is 5.16 Å². The number of thioether (sulfide) groups is 1. The summed E-state index contributed by atoms with van der Waals surface area (Å²) in [7, 11) is 0. The minimum absolute atomic E-state index is 0.0690. The molecule has 2 aliphatic rings. The predicted octanol–water partition coefficient (Wildman–Crippen LogP) is 0.593. The van der Waals surface area contributed by atoms with E-state index in [0.29, 0.717) is 5.57 Å². The number of rotatable bonds is 7. The average Bonchev–Trinajstić information content (AvgIpc) is 3.10. The number of aliphatic carboxylic acids is 1. The monoisotopic (exact) mass is 445 g/mol. The van der Waals surface area contributed by atoms with Crippen molar-refractivity contribution in [3.63, 3.8) is 0 Å². The summed E-state index contributed by atoms with van der Waals surface area (Å²) in [6, 6.07) is -1.08. The average molecular weight is 445 g/mol. The molecule has 1 saturated heterocycles. The number of oxime groups is 1. The summed E-state index contributed by atoms with van der Waals surface area (Å²) in [6.45, 7) is 0.263. The number of β-lactam (4-membered cyclic amide) rings is 1. The number of carbonyl (C=O) groups excluding carboxylic acids is 2. The van der Waals surface area contributed by atoms with Gasteiger partial charge in [-0.1, -0.05) is 17.8 Å². The van der Waals surface area contributed by atoms with Gasteiger partial charge in [0.05, 0.1) is 0 Å². The Labute approximate surface area is 170 Å². The number of nitrogens with zero attached hydrogens (tertiary/aromatic N) is 3. The molecule has 0 radical (unpaired) electrons. The molecule has 0 bridgehead atoms. The van der Waals surface area contributed by atoms with Crippen LogP contribution in [0.2, 0.25) is 0 Å². The van der Waals surface area contributed by atoms with Crippen molar-refractivity contribution in [3.05, 3.63) is 35.0 Å². The van der Waals surface area contributed by atoms with E-state index in [-0.39, 0.29) is 22.3 Å². The molecule has 2 amide bonds. The number of amides is 2. The van der Waals surface area contributed by atoms with Gasteiger partial charge in [-0.3, -0.25) is 14.5 Å². The lowest BCUT2D eigenvalue weighted by Crippen LogP contribution is -2.71. The Morgan fingerprint density at radius 1 is 1.55 bits per heavy atom. The second kappa shape index (κ2) is 8.16. The van der Waals surface area contributed by atoms with Gasteiger partial charge >= 0.3 is 12.6 Å². The fourth-order valence-corrected chi connectivity index (χ4v) is 4.59. The van der Waals surface area contributed by atoms with E-state index >= 15 is 0 Å². The topological polar surface area (TPSA) is 147 Å². The summed E-state index contributed by atoms with van der Waals surface area (Å²) in [4.78, 5) is 45.2. The standard InChI is InChI=1S/C15H13F2N5O5S2/c1-2-5-3-28-12-8(11(24)22(12)9(5)13(25)26)20-10(23)7(21-27-14(16)17)6-4-29-15(18)19-6/h2,4,8,12,14H,1,3H2,(H2,18,19)(H,20,23)(H,25,26)/t8?,12-/m1/s1. The Morgan fingerprint density at radius 3 is 2.83 bits per heavy atom. The van der Waals surface area contributed by atoms with Gasteiger partial charge in [-0.25, -0.2) is 9.78 Å². The van der Waals surface area contributed by atoms with Crippen LogP contribution in [0.15, 0.2) is 34.5 Å². The van der Waals surface area contributed by atoms with Crippen LogP contribution in [0.4, 0.5) is 13.9 Å². The molecule has 0 aliphatic carbocycles. The van der Waals surface area contributed by atoms with E-state index < -0.39 is 41.5 Å². The first-order valence-electron chi connectivity index (χ1n) is 7.82. The molecule has 0 aromatic carbocycles. The normalized spacial score (nSPS) is 21.6. The number of halogens is 2. The molecule has 29 heavy (non-hydrogen) atoms. The molecule has 1 fully saturated rings. The van der Waals surface area contributed by atoms with Gasteiger partial charge in [-0.15, -0.1) is 23.1 Å². The van der Waals surface area contributed by atoms with E-state index in [1.807, 2.05) is 0 Å². The largest absolute Gasteiger partial charge is 0.477 e. The van der Waals surface area contributed by atoms with Crippen LogP contribution in [0.25, 0.3) is 0 Å². The number of hydrogen-bond donors (Lipinski definition) is 3. The first-order valence-corrected chi connectivity index (χ1v) is 9.75. The maximum atomic E-state index is 12.6. The van der Waals surface area contributed by atoms with E-state index in [9.17, 15) is 28.3 Å². The van der Waals surface area contributed by atoms with Crippen LogP contribution < -0.4 is 11.1 Å². The molecular weight excluding hydrogens is 432 g/mol. The number of nitrogens with two attached hydrogens (primary N) is 1. The van der Waals surface area contributed by atoms with Crippen LogP contribution in [0.1, 0.15) is 5.69 Å². The second-order valence-electron chi connectivity index (χ2n) is 5.62. The fraction of sp³-hybridized carbons (Fsp3) is 0.267. The summed E-state index contributed by atoms with van der Waals surface area (Å²) < 4.78 is 24.7. The van der Waals surface area contributed by atoms with Crippen LogP contribution >= 0.6 is 23.1 Å². The van der Waals surface area contributed by atoms with Crippen LogP contribution in [0.3, 0.4) is 0 Å². The van der Waals surface area contributed by atoms with Crippen molar-refractivity contribution in [2.75, 3.05) is 11.5 Å². The molecule has 1 unspecified atom stereocenters. The quantitative estimate of drug-likeness (QED) is 0.314. The van der Waals surface area contributed by atoms with Crippen molar-refractivity contribution in [1.82, 2.24) is 15.2 Å². The highest BCUT2D eigenvalue weighted by Crippen LogP contribution is 2.40. The molecule has 0 saturated carbocycles. The highest BCUT2D eigenvalue weighted by atomic mass is 32.2. The Hall–Kier alpha value is -3.00. The summed E-state index contributed by atoms with van der Waals surface area (Å²) >= 11 is 2.17. The number of aromatic nitrogens is 1. The molecule has 2 aliphatic heterocycles. The Kier molecular flexibility index (Phi) is 5.83. The van der Waals surface area contributed by atoms with Gasteiger partial charge in [-0.2, -0.15) is 8.78 Å². The van der Waals surface area contributed by atoms with Gasteiger partial charge in [-0.05, 0) is 5.57 Å². The lowest BCUT2D eigenvalue weighted by molar-refractivity contribution is -0.150. The number of anilines is 1. The van der Waals surface area contributed by atoms with E-state index in [0.717, 1.165) is 16.2 Å². The van der Waals surface area contributed by atoms with Crippen molar-refractivity contribution >= 4 is 51.7 Å². The fourth-order valence-electron chi connectivity index (χ4n) is 2.70. The second-order valence-corrected chi connectivity index (χ2v) is 7.62.